The lowest BCUT2D eigenvalue weighted by molar-refractivity contribution is 0.0474. The van der Waals surface area contributed by atoms with Gasteiger partial charge in [-0.3, -0.25) is 4.79 Å². The maximum absolute atomic E-state index is 12.6. The molecule has 0 N–H and O–H groups in total. The van der Waals surface area contributed by atoms with Gasteiger partial charge in [-0.05, 0) is 64.8 Å². The van der Waals surface area contributed by atoms with Gasteiger partial charge < -0.3 is 14.2 Å². The minimum Gasteiger partial charge on any atom is -0.489 e. The molecule has 31 heavy (non-hydrogen) atoms. The molecule has 0 aliphatic heterocycles. The van der Waals surface area contributed by atoms with Gasteiger partial charge in [0.15, 0.2) is 23.9 Å². The van der Waals surface area contributed by atoms with E-state index in [9.17, 15) is 9.59 Å². The first-order valence-corrected chi connectivity index (χ1v) is 10.7. The summed E-state index contributed by atoms with van der Waals surface area (Å²) in [5, 5.41) is 0.524. The summed E-state index contributed by atoms with van der Waals surface area (Å²) < 4.78 is 17.3. The number of Topliss-reactive ketones (excluding diaryl/α,β-unsaturated/α-hetero) is 1. The Morgan fingerprint density at radius 2 is 1.65 bits per heavy atom. The van der Waals surface area contributed by atoms with Gasteiger partial charge >= 0.3 is 5.97 Å². The van der Waals surface area contributed by atoms with E-state index in [2.05, 4.69) is 15.9 Å². The molecule has 0 radical (unpaired) electrons. The predicted molar refractivity (Wildman–Crippen MR) is 122 cm³/mol. The van der Waals surface area contributed by atoms with Crippen LogP contribution in [0.2, 0.25) is 5.02 Å². The first-order chi connectivity index (χ1) is 15.0. The smallest absolute Gasteiger partial charge is 0.338 e. The molecule has 0 amide bonds. The minimum absolute atomic E-state index is 0.238. The summed E-state index contributed by atoms with van der Waals surface area (Å²) in [6, 6.07) is 19.2. The van der Waals surface area contributed by atoms with Crippen LogP contribution in [0.15, 0.2) is 71.2 Å². The van der Waals surface area contributed by atoms with E-state index in [0.717, 1.165) is 5.56 Å². The Bertz CT molecular complexity index is 1050. The van der Waals surface area contributed by atoms with Crippen LogP contribution in [0, 0.1) is 0 Å². The van der Waals surface area contributed by atoms with Crippen molar-refractivity contribution in [2.75, 3.05) is 13.2 Å². The van der Waals surface area contributed by atoms with E-state index in [1.807, 2.05) is 37.3 Å². The molecule has 0 heterocycles. The predicted octanol–water partition coefficient (Wildman–Crippen LogP) is 6.12. The Labute approximate surface area is 194 Å². The van der Waals surface area contributed by atoms with Crippen molar-refractivity contribution < 1.29 is 23.8 Å². The lowest BCUT2D eigenvalue weighted by Gasteiger charge is -2.15. The summed E-state index contributed by atoms with van der Waals surface area (Å²) in [5.41, 5.74) is 1.63. The monoisotopic (exact) mass is 502 g/mol. The highest BCUT2D eigenvalue weighted by atomic mass is 79.9. The quantitative estimate of drug-likeness (QED) is 0.260. The number of halogens is 2. The zero-order chi connectivity index (χ0) is 22.2. The zero-order valence-electron chi connectivity index (χ0n) is 16.8. The van der Waals surface area contributed by atoms with Crippen LogP contribution >= 0.6 is 27.5 Å². The summed E-state index contributed by atoms with van der Waals surface area (Å²) in [5.74, 6) is -0.0746. The van der Waals surface area contributed by atoms with Crippen molar-refractivity contribution in [3.63, 3.8) is 0 Å². The summed E-state index contributed by atoms with van der Waals surface area (Å²) >= 11 is 9.26. The number of hydrogen-bond donors (Lipinski definition) is 0. The normalized spacial score (nSPS) is 10.4. The van der Waals surface area contributed by atoms with Gasteiger partial charge in [0.25, 0.3) is 0 Å². The first kappa shape index (κ1) is 22.8. The third kappa shape index (κ3) is 6.32. The molecule has 7 heteroatoms. The molecule has 3 aromatic carbocycles. The molecule has 0 bridgehead atoms. The standard InChI is InChI=1S/C24H20BrClO5/c1-2-29-23-20(25)12-18(13-22(23)30-14-16-6-4-3-5-7-16)24(28)31-15-21(27)17-8-10-19(26)11-9-17/h3-13H,2,14-15H2,1H3. The van der Waals surface area contributed by atoms with Crippen molar-refractivity contribution >= 4 is 39.3 Å². The molecule has 0 aromatic heterocycles. The van der Waals surface area contributed by atoms with Crippen LogP contribution in [-0.2, 0) is 11.3 Å². The molecule has 0 aliphatic rings. The second kappa shape index (κ2) is 11.0. The third-order valence-electron chi connectivity index (χ3n) is 4.27. The first-order valence-electron chi connectivity index (χ1n) is 9.57. The molecule has 160 valence electrons. The largest absolute Gasteiger partial charge is 0.489 e. The molecule has 0 atom stereocenters. The molecular formula is C24H20BrClO5. The van der Waals surface area contributed by atoms with Gasteiger partial charge in [0.05, 0.1) is 16.6 Å². The fourth-order valence-electron chi connectivity index (χ4n) is 2.75. The number of benzene rings is 3. The summed E-state index contributed by atoms with van der Waals surface area (Å²) in [6.45, 7) is 2.21. The van der Waals surface area contributed by atoms with Crippen LogP contribution in [0.1, 0.15) is 33.2 Å². The van der Waals surface area contributed by atoms with E-state index in [1.54, 1.807) is 36.4 Å². The Kier molecular flexibility index (Phi) is 8.09. The van der Waals surface area contributed by atoms with Crippen molar-refractivity contribution in [1.82, 2.24) is 0 Å². The highest BCUT2D eigenvalue weighted by Crippen LogP contribution is 2.37. The summed E-state index contributed by atoms with van der Waals surface area (Å²) in [7, 11) is 0. The number of esters is 1. The van der Waals surface area contributed by atoms with Crippen LogP contribution in [0.3, 0.4) is 0 Å². The van der Waals surface area contributed by atoms with E-state index in [-0.39, 0.29) is 18.0 Å². The molecule has 0 spiro atoms. The molecule has 5 nitrogen and oxygen atoms in total. The number of ketones is 1. The molecule has 3 aromatic rings. The maximum atomic E-state index is 12.6. The topological polar surface area (TPSA) is 61.8 Å². The van der Waals surface area contributed by atoms with Gasteiger partial charge in [-0.2, -0.15) is 0 Å². The van der Waals surface area contributed by atoms with Gasteiger partial charge in [-0.25, -0.2) is 4.79 Å². The van der Waals surface area contributed by atoms with E-state index >= 15 is 0 Å². The van der Waals surface area contributed by atoms with Gasteiger partial charge in [0.1, 0.15) is 6.61 Å². The maximum Gasteiger partial charge on any atom is 0.338 e. The molecule has 0 fully saturated rings. The fourth-order valence-corrected chi connectivity index (χ4v) is 3.43. The number of carbonyl (C=O) groups excluding carboxylic acids is 2. The van der Waals surface area contributed by atoms with Crippen molar-refractivity contribution in [2.24, 2.45) is 0 Å². The molecular weight excluding hydrogens is 484 g/mol. The van der Waals surface area contributed by atoms with Gasteiger partial charge in [-0.15, -0.1) is 0 Å². The van der Waals surface area contributed by atoms with Crippen LogP contribution in [0.5, 0.6) is 11.5 Å². The van der Waals surface area contributed by atoms with Crippen molar-refractivity contribution in [3.8, 4) is 11.5 Å². The SMILES string of the molecule is CCOc1c(Br)cc(C(=O)OCC(=O)c2ccc(Cl)cc2)cc1OCc1ccccc1. The minimum atomic E-state index is -0.643. The highest BCUT2D eigenvalue weighted by Gasteiger charge is 2.18. The summed E-state index contributed by atoms with van der Waals surface area (Å²) in [4.78, 5) is 24.8. The van der Waals surface area contributed by atoms with Gasteiger partial charge in [0.2, 0.25) is 0 Å². The Hall–Kier alpha value is -2.83. The van der Waals surface area contributed by atoms with Crippen molar-refractivity contribution in [2.45, 2.75) is 13.5 Å². The molecule has 0 saturated heterocycles. The van der Waals surface area contributed by atoms with Crippen LogP contribution < -0.4 is 9.47 Å². The van der Waals surface area contributed by atoms with E-state index in [4.69, 9.17) is 25.8 Å². The van der Waals surface area contributed by atoms with Crippen molar-refractivity contribution in [1.29, 1.82) is 0 Å². The van der Waals surface area contributed by atoms with E-state index in [0.29, 0.717) is 39.8 Å². The van der Waals surface area contributed by atoms with Gasteiger partial charge in [0, 0.05) is 10.6 Å². The zero-order valence-corrected chi connectivity index (χ0v) is 19.1. The Morgan fingerprint density at radius 1 is 0.935 bits per heavy atom. The molecule has 3 rings (SSSR count). The van der Waals surface area contributed by atoms with Crippen molar-refractivity contribution in [3.05, 3.63) is 92.9 Å². The van der Waals surface area contributed by atoms with E-state index < -0.39 is 5.97 Å². The Morgan fingerprint density at radius 3 is 2.32 bits per heavy atom. The number of hydrogen-bond acceptors (Lipinski definition) is 5. The summed E-state index contributed by atoms with van der Waals surface area (Å²) in [6.07, 6.45) is 0. The fraction of sp³-hybridized carbons (Fsp3) is 0.167. The molecule has 0 unspecified atom stereocenters. The Balaban J connectivity index is 1.73. The lowest BCUT2D eigenvalue weighted by Crippen LogP contribution is -2.14. The van der Waals surface area contributed by atoms with Gasteiger partial charge in [-0.1, -0.05) is 41.9 Å². The average molecular weight is 504 g/mol. The lowest BCUT2D eigenvalue weighted by atomic mass is 10.1. The molecule has 0 aliphatic carbocycles. The number of rotatable bonds is 9. The highest BCUT2D eigenvalue weighted by molar-refractivity contribution is 9.10. The average Bonchev–Trinajstić information content (AvgIpc) is 2.78. The van der Waals surface area contributed by atoms with Crippen LogP contribution in [-0.4, -0.2) is 25.0 Å². The van der Waals surface area contributed by atoms with Crippen LogP contribution in [0.25, 0.3) is 0 Å². The molecule has 0 saturated carbocycles. The van der Waals surface area contributed by atoms with Crippen LogP contribution in [0.4, 0.5) is 0 Å². The number of ether oxygens (including phenoxy) is 3. The second-order valence-electron chi connectivity index (χ2n) is 6.50. The van der Waals surface area contributed by atoms with E-state index in [1.165, 1.54) is 0 Å². The second-order valence-corrected chi connectivity index (χ2v) is 7.79. The number of carbonyl (C=O) groups is 2. The third-order valence-corrected chi connectivity index (χ3v) is 5.11.